The molecule has 0 bridgehead atoms. The summed E-state index contributed by atoms with van der Waals surface area (Å²) in [6.45, 7) is 4.10. The summed E-state index contributed by atoms with van der Waals surface area (Å²) >= 11 is 0.964. The molecule has 2 aromatic rings. The van der Waals surface area contributed by atoms with Gasteiger partial charge in [-0.15, -0.1) is 11.3 Å². The van der Waals surface area contributed by atoms with Crippen molar-refractivity contribution in [3.05, 3.63) is 45.8 Å². The highest BCUT2D eigenvalue weighted by atomic mass is 32.2. The topological polar surface area (TPSA) is 117 Å². The zero-order valence-corrected chi connectivity index (χ0v) is 19.8. The number of rotatable bonds is 6. The molecule has 170 valence electrons. The molecule has 0 aliphatic carbocycles. The Kier molecular flexibility index (Phi) is 7.33. The van der Waals surface area contributed by atoms with Crippen LogP contribution in [0, 0.1) is 18.3 Å². The minimum absolute atomic E-state index is 0.00722. The molecule has 32 heavy (non-hydrogen) atoms. The standard InChI is InChI=1S/C22H25N3O5S2/c1-4-16-7-5-6-12-25(16)32(28,29)17-10-8-15(9-11-17)20(26)24-21-18(13-23)14(2)19(31-21)22(27)30-3/h8-11,16H,4-7,12H2,1-3H3,(H,24,26). The Balaban J connectivity index is 1.82. The minimum atomic E-state index is -3.64. The molecular weight excluding hydrogens is 450 g/mol. The Morgan fingerprint density at radius 1 is 1.28 bits per heavy atom. The Bertz CT molecular complexity index is 1160. The summed E-state index contributed by atoms with van der Waals surface area (Å²) in [6.07, 6.45) is 3.47. The van der Waals surface area contributed by atoms with Crippen molar-refractivity contribution in [1.29, 1.82) is 5.26 Å². The van der Waals surface area contributed by atoms with Gasteiger partial charge in [-0.1, -0.05) is 13.3 Å². The van der Waals surface area contributed by atoms with Gasteiger partial charge >= 0.3 is 5.97 Å². The Hall–Kier alpha value is -2.74. The van der Waals surface area contributed by atoms with Crippen LogP contribution in [-0.4, -0.2) is 44.3 Å². The van der Waals surface area contributed by atoms with Crippen LogP contribution < -0.4 is 5.32 Å². The third-order valence-electron chi connectivity index (χ3n) is 5.62. The van der Waals surface area contributed by atoms with Gasteiger partial charge in [0.15, 0.2) is 0 Å². The van der Waals surface area contributed by atoms with Gasteiger partial charge in [0.1, 0.15) is 15.9 Å². The predicted octanol–water partition coefficient (Wildman–Crippen LogP) is 3.92. The SMILES string of the molecule is CCC1CCCCN1S(=O)(=O)c1ccc(C(=O)Nc2sc(C(=O)OC)c(C)c2C#N)cc1. The lowest BCUT2D eigenvalue weighted by Crippen LogP contribution is -2.43. The van der Waals surface area contributed by atoms with Crippen LogP contribution in [0.1, 0.15) is 63.8 Å². The van der Waals surface area contributed by atoms with E-state index in [1.807, 2.05) is 13.0 Å². The average Bonchev–Trinajstić information content (AvgIpc) is 3.13. The highest BCUT2D eigenvalue weighted by Gasteiger charge is 2.32. The number of sulfonamides is 1. The highest BCUT2D eigenvalue weighted by molar-refractivity contribution is 7.89. The van der Waals surface area contributed by atoms with E-state index in [1.165, 1.54) is 31.4 Å². The molecule has 1 aliphatic rings. The molecule has 8 nitrogen and oxygen atoms in total. The number of benzene rings is 1. The van der Waals surface area contributed by atoms with Crippen molar-refractivity contribution < 1.29 is 22.7 Å². The zero-order valence-electron chi connectivity index (χ0n) is 18.2. The van der Waals surface area contributed by atoms with E-state index in [0.29, 0.717) is 12.1 Å². The van der Waals surface area contributed by atoms with Crippen LogP contribution in [0.4, 0.5) is 5.00 Å². The maximum absolute atomic E-state index is 13.1. The van der Waals surface area contributed by atoms with Crippen LogP contribution in [0.2, 0.25) is 0 Å². The van der Waals surface area contributed by atoms with Crippen molar-refractivity contribution in [3.8, 4) is 6.07 Å². The zero-order chi connectivity index (χ0) is 23.5. The van der Waals surface area contributed by atoms with Crippen molar-refractivity contribution in [2.45, 2.75) is 50.5 Å². The Labute approximate surface area is 191 Å². The number of carbonyl (C=O) groups is 2. The van der Waals surface area contributed by atoms with Gasteiger partial charge in [-0.2, -0.15) is 9.57 Å². The third-order valence-corrected chi connectivity index (χ3v) is 8.78. The molecule has 1 aromatic heterocycles. The van der Waals surface area contributed by atoms with Crippen LogP contribution in [0.5, 0.6) is 0 Å². The molecule has 0 spiro atoms. The number of carbonyl (C=O) groups excluding carboxylic acids is 2. The van der Waals surface area contributed by atoms with E-state index in [-0.39, 0.29) is 31.9 Å². The molecule has 10 heteroatoms. The van der Waals surface area contributed by atoms with E-state index < -0.39 is 21.9 Å². The first-order chi connectivity index (χ1) is 15.2. The highest BCUT2D eigenvalue weighted by Crippen LogP contribution is 2.33. The molecule has 0 saturated carbocycles. The van der Waals surface area contributed by atoms with Crippen LogP contribution in [-0.2, 0) is 14.8 Å². The van der Waals surface area contributed by atoms with Gasteiger partial charge in [-0.05, 0) is 56.0 Å². The van der Waals surface area contributed by atoms with E-state index in [1.54, 1.807) is 11.2 Å². The van der Waals surface area contributed by atoms with Gasteiger partial charge in [0.2, 0.25) is 10.0 Å². The van der Waals surface area contributed by atoms with Crippen LogP contribution >= 0.6 is 11.3 Å². The lowest BCUT2D eigenvalue weighted by molar-refractivity contribution is 0.0605. The lowest BCUT2D eigenvalue weighted by Gasteiger charge is -2.34. The number of methoxy groups -OCH3 is 1. The smallest absolute Gasteiger partial charge is 0.348 e. The number of nitrogens with one attached hydrogen (secondary N) is 1. The van der Waals surface area contributed by atoms with Crippen LogP contribution in [0.15, 0.2) is 29.2 Å². The molecule has 1 unspecified atom stereocenters. The van der Waals surface area contributed by atoms with E-state index in [4.69, 9.17) is 4.74 Å². The molecule has 1 atom stereocenters. The summed E-state index contributed by atoms with van der Waals surface area (Å²) in [4.78, 5) is 25.0. The number of nitriles is 1. The largest absolute Gasteiger partial charge is 0.465 e. The number of amides is 1. The molecule has 1 fully saturated rings. The van der Waals surface area contributed by atoms with Crippen molar-refractivity contribution in [3.63, 3.8) is 0 Å². The summed E-state index contributed by atoms with van der Waals surface area (Å²) in [5.74, 6) is -1.09. The molecular formula is C22H25N3O5S2. The summed E-state index contributed by atoms with van der Waals surface area (Å²) in [7, 11) is -2.40. The van der Waals surface area contributed by atoms with E-state index >= 15 is 0 Å². The van der Waals surface area contributed by atoms with Gasteiger partial charge < -0.3 is 10.1 Å². The van der Waals surface area contributed by atoms with Gasteiger partial charge in [0, 0.05) is 18.2 Å². The quantitative estimate of drug-likeness (QED) is 0.633. The predicted molar refractivity (Wildman–Crippen MR) is 121 cm³/mol. The first-order valence-corrected chi connectivity index (χ1v) is 12.5. The van der Waals surface area contributed by atoms with Gasteiger partial charge in [-0.25, -0.2) is 13.2 Å². The molecule has 1 saturated heterocycles. The fraction of sp³-hybridized carbons (Fsp3) is 0.409. The Morgan fingerprint density at radius 3 is 2.56 bits per heavy atom. The maximum atomic E-state index is 13.1. The average molecular weight is 476 g/mol. The van der Waals surface area contributed by atoms with Crippen LogP contribution in [0.3, 0.4) is 0 Å². The molecule has 1 aromatic carbocycles. The first-order valence-electron chi connectivity index (χ1n) is 10.3. The van der Waals surface area contributed by atoms with Crippen molar-refractivity contribution in [2.24, 2.45) is 0 Å². The summed E-state index contributed by atoms with van der Waals surface area (Å²) in [5, 5.41) is 12.3. The van der Waals surface area contributed by atoms with Crippen molar-refractivity contribution >= 4 is 38.2 Å². The number of thiophene rings is 1. The molecule has 1 amide bonds. The fourth-order valence-corrected chi connectivity index (χ4v) is 6.65. The minimum Gasteiger partial charge on any atom is -0.465 e. The number of esters is 1. The first kappa shape index (κ1) is 23.9. The normalized spacial score (nSPS) is 16.9. The second kappa shape index (κ2) is 9.81. The number of hydrogen-bond acceptors (Lipinski definition) is 7. The molecule has 1 aliphatic heterocycles. The van der Waals surface area contributed by atoms with E-state index in [2.05, 4.69) is 5.32 Å². The number of anilines is 1. The summed E-state index contributed by atoms with van der Waals surface area (Å²) in [5.41, 5.74) is 0.871. The van der Waals surface area contributed by atoms with Crippen LogP contribution in [0.25, 0.3) is 0 Å². The number of ether oxygens (including phenoxy) is 1. The lowest BCUT2D eigenvalue weighted by atomic mass is 10.0. The summed E-state index contributed by atoms with van der Waals surface area (Å²) in [6, 6.07) is 7.74. The molecule has 2 heterocycles. The number of nitrogens with zero attached hydrogens (tertiary/aromatic N) is 2. The van der Waals surface area contributed by atoms with Gasteiger partial charge in [0.25, 0.3) is 5.91 Å². The molecule has 3 rings (SSSR count). The van der Waals surface area contributed by atoms with Gasteiger partial charge in [0.05, 0.1) is 17.6 Å². The van der Waals surface area contributed by atoms with E-state index in [0.717, 1.165) is 37.0 Å². The number of piperidine rings is 1. The molecule has 1 N–H and O–H groups in total. The van der Waals surface area contributed by atoms with Crippen molar-refractivity contribution in [2.75, 3.05) is 19.0 Å². The fourth-order valence-electron chi connectivity index (χ4n) is 3.81. The maximum Gasteiger partial charge on any atom is 0.348 e. The second-order valence-electron chi connectivity index (χ2n) is 7.52. The number of hydrogen-bond donors (Lipinski definition) is 1. The molecule has 0 radical (unpaired) electrons. The Morgan fingerprint density at radius 2 is 1.97 bits per heavy atom. The third kappa shape index (κ3) is 4.55. The second-order valence-corrected chi connectivity index (χ2v) is 10.4. The van der Waals surface area contributed by atoms with E-state index in [9.17, 15) is 23.3 Å². The summed E-state index contributed by atoms with van der Waals surface area (Å²) < 4.78 is 32.5. The monoisotopic (exact) mass is 475 g/mol. The van der Waals surface area contributed by atoms with Gasteiger partial charge in [-0.3, -0.25) is 4.79 Å². The van der Waals surface area contributed by atoms with Crippen molar-refractivity contribution in [1.82, 2.24) is 4.31 Å².